The van der Waals surface area contributed by atoms with E-state index in [1.54, 1.807) is 39.2 Å². The number of nitrogens with zero attached hydrogens (tertiary/aromatic N) is 3. The Kier molecular flexibility index (Phi) is 6.81. The van der Waals surface area contributed by atoms with Crippen LogP contribution in [-0.4, -0.2) is 40.3 Å². The van der Waals surface area contributed by atoms with Crippen molar-refractivity contribution in [2.24, 2.45) is 0 Å². The third kappa shape index (κ3) is 5.69. The minimum absolute atomic E-state index is 0.108. The number of rotatable bonds is 7. The SMILES string of the molecule is CC(C)(C)NS(=O)(=O)c1ccc(CCn2cnc(=N)c3[nH]c(Sc4cc5c(cc4Br)OCO5)nc32)cc1. The van der Waals surface area contributed by atoms with Gasteiger partial charge in [-0.3, -0.25) is 5.41 Å². The van der Waals surface area contributed by atoms with Crippen molar-refractivity contribution in [2.45, 2.75) is 54.2 Å². The molecule has 0 amide bonds. The first-order valence-electron chi connectivity index (χ1n) is 11.4. The first kappa shape index (κ1) is 25.8. The van der Waals surface area contributed by atoms with Crippen LogP contribution in [0.4, 0.5) is 0 Å². The van der Waals surface area contributed by atoms with Gasteiger partial charge >= 0.3 is 0 Å². The van der Waals surface area contributed by atoms with Gasteiger partial charge in [0.05, 0.1) is 11.2 Å². The van der Waals surface area contributed by atoms with Crippen LogP contribution < -0.4 is 19.7 Å². The van der Waals surface area contributed by atoms with Gasteiger partial charge in [-0.15, -0.1) is 0 Å². The molecule has 0 atom stereocenters. The number of aryl methyl sites for hydroxylation is 2. The number of aromatic nitrogens is 4. The molecule has 0 fully saturated rings. The van der Waals surface area contributed by atoms with Crippen molar-refractivity contribution in [3.8, 4) is 11.5 Å². The fraction of sp³-hybridized carbons (Fsp3) is 0.292. The van der Waals surface area contributed by atoms with Crippen LogP contribution in [0.5, 0.6) is 11.5 Å². The molecule has 0 saturated heterocycles. The normalized spacial score (nSPS) is 13.4. The van der Waals surface area contributed by atoms with Crippen LogP contribution in [0, 0.1) is 5.41 Å². The van der Waals surface area contributed by atoms with Crippen molar-refractivity contribution in [2.75, 3.05) is 6.79 Å². The second-order valence-electron chi connectivity index (χ2n) is 9.51. The van der Waals surface area contributed by atoms with E-state index in [0.29, 0.717) is 40.8 Å². The lowest BCUT2D eigenvalue weighted by Crippen LogP contribution is -2.40. The largest absolute Gasteiger partial charge is 0.454 e. The molecule has 3 heterocycles. The maximum absolute atomic E-state index is 12.6. The molecule has 0 aliphatic carbocycles. The fourth-order valence-electron chi connectivity index (χ4n) is 3.80. The average Bonchev–Trinajstić information content (AvgIpc) is 3.45. The lowest BCUT2D eigenvalue weighted by atomic mass is 10.1. The van der Waals surface area contributed by atoms with E-state index in [4.69, 9.17) is 19.9 Å². The summed E-state index contributed by atoms with van der Waals surface area (Å²) in [4.78, 5) is 13.3. The molecule has 1 aliphatic heterocycles. The third-order valence-corrected chi connectivity index (χ3v) is 9.08. The maximum Gasteiger partial charge on any atom is 0.241 e. The van der Waals surface area contributed by atoms with Gasteiger partial charge in [-0.1, -0.05) is 23.9 Å². The van der Waals surface area contributed by atoms with Crippen LogP contribution in [0.3, 0.4) is 0 Å². The maximum atomic E-state index is 12.6. The molecule has 194 valence electrons. The molecule has 37 heavy (non-hydrogen) atoms. The lowest BCUT2D eigenvalue weighted by Gasteiger charge is -2.20. The van der Waals surface area contributed by atoms with Crippen LogP contribution in [-0.2, 0) is 23.0 Å². The highest BCUT2D eigenvalue weighted by Gasteiger charge is 2.22. The standard InChI is InChI=1S/C24H25BrN6O4S2/c1-24(2,3)30-37(32,33)15-6-4-14(5-7-15)8-9-31-12-27-21(26)20-22(31)29-23(28-20)36-19-11-18-17(10-16(19)25)34-13-35-18/h4-7,10-12,26,30H,8-9,13H2,1-3H3,(H,28,29). The first-order valence-corrected chi connectivity index (χ1v) is 14.5. The number of sulfonamides is 1. The molecule has 3 N–H and O–H groups in total. The number of hydrogen-bond donors (Lipinski definition) is 3. The van der Waals surface area contributed by atoms with Gasteiger partial charge in [-0.2, -0.15) is 0 Å². The Balaban J connectivity index is 1.34. The monoisotopic (exact) mass is 604 g/mol. The molecule has 0 radical (unpaired) electrons. The smallest absolute Gasteiger partial charge is 0.241 e. The molecule has 1 aliphatic rings. The van der Waals surface area contributed by atoms with Gasteiger partial charge in [-0.05, 0) is 73.0 Å². The Bertz CT molecular complexity index is 1640. The molecular weight excluding hydrogens is 580 g/mol. The number of aromatic amines is 1. The number of benzene rings is 2. The summed E-state index contributed by atoms with van der Waals surface area (Å²) in [7, 11) is -3.59. The van der Waals surface area contributed by atoms with E-state index in [2.05, 4.69) is 30.6 Å². The molecule has 4 aromatic rings. The second kappa shape index (κ2) is 9.78. The number of imidazole rings is 1. The van der Waals surface area contributed by atoms with Crippen molar-refractivity contribution in [3.63, 3.8) is 0 Å². The summed E-state index contributed by atoms with van der Waals surface area (Å²) in [6.07, 6.45) is 2.23. The van der Waals surface area contributed by atoms with Crippen molar-refractivity contribution in [1.29, 1.82) is 5.41 Å². The Morgan fingerprint density at radius 1 is 1.19 bits per heavy atom. The summed E-state index contributed by atoms with van der Waals surface area (Å²) in [6, 6.07) is 10.6. The zero-order valence-corrected chi connectivity index (χ0v) is 23.6. The Labute approximate surface area is 226 Å². The number of hydrogen-bond acceptors (Lipinski definition) is 8. The van der Waals surface area contributed by atoms with Gasteiger partial charge in [0.25, 0.3) is 0 Å². The number of halogens is 1. The molecule has 0 saturated carbocycles. The topological polar surface area (TPSA) is 135 Å². The van der Waals surface area contributed by atoms with E-state index in [1.807, 2.05) is 28.8 Å². The predicted octanol–water partition coefficient (Wildman–Crippen LogP) is 4.20. The van der Waals surface area contributed by atoms with E-state index >= 15 is 0 Å². The van der Waals surface area contributed by atoms with Gasteiger partial charge in [0, 0.05) is 21.5 Å². The molecule has 13 heteroatoms. The summed E-state index contributed by atoms with van der Waals surface area (Å²) < 4.78 is 41.4. The van der Waals surface area contributed by atoms with E-state index in [1.165, 1.54) is 11.8 Å². The number of nitrogens with one attached hydrogen (secondary N) is 3. The zero-order chi connectivity index (χ0) is 26.4. The minimum Gasteiger partial charge on any atom is -0.454 e. The van der Waals surface area contributed by atoms with E-state index < -0.39 is 15.6 Å². The number of fused-ring (bicyclic) bond motifs is 2. The quantitative estimate of drug-likeness (QED) is 0.288. The Morgan fingerprint density at radius 3 is 2.59 bits per heavy atom. The summed E-state index contributed by atoms with van der Waals surface area (Å²) in [6.45, 7) is 6.17. The van der Waals surface area contributed by atoms with Gasteiger partial charge in [0.15, 0.2) is 27.8 Å². The highest BCUT2D eigenvalue weighted by Crippen LogP contribution is 2.42. The predicted molar refractivity (Wildman–Crippen MR) is 142 cm³/mol. The minimum atomic E-state index is -3.59. The van der Waals surface area contributed by atoms with Crippen molar-refractivity contribution >= 4 is 48.9 Å². The summed E-state index contributed by atoms with van der Waals surface area (Å²) in [5, 5.41) is 8.84. The Hall–Kier alpha value is -2.87. The van der Waals surface area contributed by atoms with Gasteiger partial charge < -0.3 is 19.0 Å². The molecular formula is C24H25BrN6O4S2. The second-order valence-corrected chi connectivity index (χ2v) is 13.1. The van der Waals surface area contributed by atoms with Gasteiger partial charge in [-0.25, -0.2) is 23.1 Å². The van der Waals surface area contributed by atoms with Crippen molar-refractivity contribution in [3.05, 3.63) is 58.2 Å². The molecule has 0 bridgehead atoms. The van der Waals surface area contributed by atoms with Crippen LogP contribution >= 0.6 is 27.7 Å². The average molecular weight is 606 g/mol. The molecule has 0 unspecified atom stereocenters. The summed E-state index contributed by atoms with van der Waals surface area (Å²) >= 11 is 4.98. The number of ether oxygens (including phenoxy) is 2. The van der Waals surface area contributed by atoms with Crippen molar-refractivity contribution in [1.82, 2.24) is 24.2 Å². The van der Waals surface area contributed by atoms with Gasteiger partial charge in [0.1, 0.15) is 5.52 Å². The zero-order valence-electron chi connectivity index (χ0n) is 20.3. The van der Waals surface area contributed by atoms with Gasteiger partial charge in [0.2, 0.25) is 16.8 Å². The highest BCUT2D eigenvalue weighted by molar-refractivity contribution is 9.10. The molecule has 10 nitrogen and oxygen atoms in total. The highest BCUT2D eigenvalue weighted by atomic mass is 79.9. The van der Waals surface area contributed by atoms with Crippen LogP contribution in [0.15, 0.2) is 62.1 Å². The van der Waals surface area contributed by atoms with E-state index in [9.17, 15) is 8.42 Å². The van der Waals surface area contributed by atoms with E-state index in [0.717, 1.165) is 14.9 Å². The summed E-state index contributed by atoms with van der Waals surface area (Å²) in [5.74, 6) is 1.36. The first-order chi connectivity index (χ1) is 17.5. The van der Waals surface area contributed by atoms with E-state index in [-0.39, 0.29) is 17.2 Å². The third-order valence-electron chi connectivity index (χ3n) is 5.45. The molecule has 0 spiro atoms. The Morgan fingerprint density at radius 2 is 1.89 bits per heavy atom. The summed E-state index contributed by atoms with van der Waals surface area (Å²) in [5.41, 5.74) is 1.68. The van der Waals surface area contributed by atoms with Crippen LogP contribution in [0.2, 0.25) is 0 Å². The van der Waals surface area contributed by atoms with Crippen LogP contribution in [0.25, 0.3) is 11.2 Å². The fourth-order valence-corrected chi connectivity index (χ4v) is 6.60. The lowest BCUT2D eigenvalue weighted by molar-refractivity contribution is 0.174. The van der Waals surface area contributed by atoms with Crippen LogP contribution in [0.1, 0.15) is 26.3 Å². The number of H-pyrrole nitrogens is 1. The van der Waals surface area contributed by atoms with Crippen molar-refractivity contribution < 1.29 is 17.9 Å². The molecule has 5 rings (SSSR count). The molecule has 2 aromatic carbocycles. The molecule has 2 aromatic heterocycles.